The third-order valence-electron chi connectivity index (χ3n) is 4.52. The van der Waals surface area contributed by atoms with E-state index in [0.29, 0.717) is 30.0 Å². The largest absolute Gasteiger partial charge is 0.457 e. The summed E-state index contributed by atoms with van der Waals surface area (Å²) in [6, 6.07) is 9.09. The van der Waals surface area contributed by atoms with Gasteiger partial charge in [0.05, 0.1) is 13.0 Å². The van der Waals surface area contributed by atoms with Crippen LogP contribution in [0.25, 0.3) is 11.0 Å². The second-order valence-electron chi connectivity index (χ2n) is 6.32. The number of hydrogen-bond acceptors (Lipinski definition) is 6. The summed E-state index contributed by atoms with van der Waals surface area (Å²) in [6.45, 7) is 4.73. The number of ether oxygens (including phenoxy) is 2. The van der Waals surface area contributed by atoms with E-state index < -0.39 is 5.97 Å². The Kier molecular flexibility index (Phi) is 5.71. The fourth-order valence-electron chi connectivity index (χ4n) is 3.09. The molecule has 0 N–H and O–H groups in total. The summed E-state index contributed by atoms with van der Waals surface area (Å²) in [6.07, 6.45) is -0.0445. The Bertz CT molecular complexity index is 970. The number of fused-ring (bicyclic) bond motifs is 1. The van der Waals surface area contributed by atoms with Gasteiger partial charge in [-0.25, -0.2) is 0 Å². The highest BCUT2D eigenvalue weighted by atomic mass is 16.5. The van der Waals surface area contributed by atoms with Gasteiger partial charge in [0.1, 0.15) is 5.69 Å². The molecule has 3 rings (SSSR count). The van der Waals surface area contributed by atoms with E-state index in [-0.39, 0.29) is 18.8 Å². The van der Waals surface area contributed by atoms with E-state index in [1.807, 2.05) is 42.7 Å². The monoisotopic (exact) mass is 370 g/mol. The zero-order chi connectivity index (χ0) is 19.4. The standard InChI is InChI=1S/C20H22N2O5/c1-13-10-16(14(2)22(13)8-9-25-3)18(23)12-26-20(24)11-17-15-6-4-5-7-19(15)27-21-17/h4-7,10H,8-9,11-12H2,1-3H3. The molecule has 0 spiro atoms. The molecule has 0 unspecified atom stereocenters. The van der Waals surface area contributed by atoms with Crippen LogP contribution in [0.15, 0.2) is 34.9 Å². The predicted octanol–water partition coefficient (Wildman–Crippen LogP) is 2.86. The maximum Gasteiger partial charge on any atom is 0.312 e. The lowest BCUT2D eigenvalue weighted by atomic mass is 10.1. The minimum Gasteiger partial charge on any atom is -0.457 e. The Balaban J connectivity index is 1.61. The van der Waals surface area contributed by atoms with Crippen molar-refractivity contribution in [2.45, 2.75) is 26.8 Å². The van der Waals surface area contributed by atoms with Crippen LogP contribution >= 0.6 is 0 Å². The highest BCUT2D eigenvalue weighted by Crippen LogP contribution is 2.19. The van der Waals surface area contributed by atoms with E-state index in [2.05, 4.69) is 5.16 Å². The third kappa shape index (κ3) is 4.09. The molecule has 1 aromatic carbocycles. The molecular formula is C20H22N2O5. The molecule has 2 heterocycles. The van der Waals surface area contributed by atoms with Gasteiger partial charge in [0.15, 0.2) is 12.2 Å². The molecule has 0 aliphatic rings. The summed E-state index contributed by atoms with van der Waals surface area (Å²) in [5, 5.41) is 4.67. The third-order valence-corrected chi connectivity index (χ3v) is 4.52. The quantitative estimate of drug-likeness (QED) is 0.448. The molecule has 2 aromatic heterocycles. The van der Waals surface area contributed by atoms with Crippen LogP contribution in [0.1, 0.15) is 27.4 Å². The van der Waals surface area contributed by atoms with Crippen molar-refractivity contribution in [3.05, 3.63) is 53.0 Å². The van der Waals surface area contributed by atoms with Gasteiger partial charge >= 0.3 is 5.97 Å². The normalized spacial score (nSPS) is 11.1. The zero-order valence-corrected chi connectivity index (χ0v) is 15.7. The number of benzene rings is 1. The van der Waals surface area contributed by atoms with E-state index >= 15 is 0 Å². The van der Waals surface area contributed by atoms with Gasteiger partial charge in [-0.1, -0.05) is 17.3 Å². The fraction of sp³-hybridized carbons (Fsp3) is 0.350. The number of Topliss-reactive ketones (excluding diaryl/α,β-unsaturated/α-hetero) is 1. The first-order chi connectivity index (χ1) is 13.0. The fourth-order valence-corrected chi connectivity index (χ4v) is 3.09. The number of carbonyl (C=O) groups is 2. The Morgan fingerprint density at radius 1 is 1.22 bits per heavy atom. The average molecular weight is 370 g/mol. The second-order valence-corrected chi connectivity index (χ2v) is 6.32. The minimum atomic E-state index is -0.518. The number of hydrogen-bond donors (Lipinski definition) is 0. The van der Waals surface area contributed by atoms with Gasteiger partial charge < -0.3 is 18.6 Å². The molecule has 0 aliphatic heterocycles. The lowest BCUT2D eigenvalue weighted by Crippen LogP contribution is -2.16. The molecule has 0 aliphatic carbocycles. The zero-order valence-electron chi connectivity index (χ0n) is 15.7. The van der Waals surface area contributed by atoms with Crippen LogP contribution in [0, 0.1) is 13.8 Å². The molecule has 0 bridgehead atoms. The summed E-state index contributed by atoms with van der Waals surface area (Å²) in [4.78, 5) is 24.6. The van der Waals surface area contributed by atoms with Gasteiger partial charge in [0.25, 0.3) is 0 Å². The number of rotatable bonds is 8. The Hall–Kier alpha value is -2.93. The van der Waals surface area contributed by atoms with Crippen molar-refractivity contribution in [3.8, 4) is 0 Å². The number of ketones is 1. The van der Waals surface area contributed by atoms with Crippen LogP contribution in [-0.4, -0.2) is 41.8 Å². The molecule has 3 aromatic rings. The van der Waals surface area contributed by atoms with E-state index in [4.69, 9.17) is 14.0 Å². The van der Waals surface area contributed by atoms with Crippen LogP contribution in [-0.2, 0) is 27.2 Å². The first-order valence-corrected chi connectivity index (χ1v) is 8.69. The van der Waals surface area contributed by atoms with Crippen LogP contribution in [0.5, 0.6) is 0 Å². The number of esters is 1. The van der Waals surface area contributed by atoms with Crippen LogP contribution in [0.3, 0.4) is 0 Å². The lowest BCUT2D eigenvalue weighted by Gasteiger charge is -2.09. The van der Waals surface area contributed by atoms with Gasteiger partial charge in [0, 0.05) is 36.0 Å². The molecule has 0 amide bonds. The van der Waals surface area contributed by atoms with Gasteiger partial charge in [-0.05, 0) is 32.0 Å². The highest BCUT2D eigenvalue weighted by molar-refractivity contribution is 5.99. The van der Waals surface area contributed by atoms with Gasteiger partial charge in [-0.2, -0.15) is 0 Å². The molecule has 142 valence electrons. The summed E-state index contributed by atoms with van der Waals surface area (Å²) < 4.78 is 17.4. The number of aromatic nitrogens is 2. The number of aryl methyl sites for hydroxylation is 1. The van der Waals surface area contributed by atoms with Crippen LogP contribution in [0.2, 0.25) is 0 Å². The van der Waals surface area contributed by atoms with Crippen LogP contribution in [0.4, 0.5) is 0 Å². The molecule has 7 heteroatoms. The van der Waals surface area contributed by atoms with Gasteiger partial charge in [0.2, 0.25) is 5.78 Å². The van der Waals surface area contributed by atoms with Crippen molar-refractivity contribution in [1.82, 2.24) is 9.72 Å². The number of nitrogens with zero attached hydrogens (tertiary/aromatic N) is 2. The predicted molar refractivity (Wildman–Crippen MR) is 98.8 cm³/mol. The molecule has 27 heavy (non-hydrogen) atoms. The van der Waals surface area contributed by atoms with E-state index in [1.54, 1.807) is 13.2 Å². The van der Waals surface area contributed by atoms with Gasteiger partial charge in [-0.3, -0.25) is 9.59 Å². The Morgan fingerprint density at radius 3 is 2.78 bits per heavy atom. The molecular weight excluding hydrogens is 348 g/mol. The summed E-state index contributed by atoms with van der Waals surface area (Å²) in [5.41, 5.74) is 3.48. The van der Waals surface area contributed by atoms with E-state index in [1.165, 1.54) is 0 Å². The molecule has 0 saturated carbocycles. The topological polar surface area (TPSA) is 83.6 Å². The lowest BCUT2D eigenvalue weighted by molar-refractivity contribution is -0.141. The molecule has 0 saturated heterocycles. The summed E-state index contributed by atoms with van der Waals surface area (Å²) >= 11 is 0. The molecule has 7 nitrogen and oxygen atoms in total. The van der Waals surface area contributed by atoms with Crippen molar-refractivity contribution in [1.29, 1.82) is 0 Å². The summed E-state index contributed by atoms with van der Waals surface area (Å²) in [7, 11) is 1.64. The number of para-hydroxylation sites is 1. The van der Waals surface area contributed by atoms with Crippen molar-refractivity contribution in [3.63, 3.8) is 0 Å². The number of carbonyl (C=O) groups excluding carboxylic acids is 2. The van der Waals surface area contributed by atoms with E-state index in [0.717, 1.165) is 16.8 Å². The van der Waals surface area contributed by atoms with Gasteiger partial charge in [-0.15, -0.1) is 0 Å². The maximum atomic E-state index is 12.5. The Morgan fingerprint density at radius 2 is 2.00 bits per heavy atom. The minimum absolute atomic E-state index is 0.0445. The van der Waals surface area contributed by atoms with E-state index in [9.17, 15) is 9.59 Å². The Labute approximate surface area is 156 Å². The SMILES string of the molecule is COCCn1c(C)cc(C(=O)COC(=O)Cc2noc3ccccc23)c1C. The first-order valence-electron chi connectivity index (χ1n) is 8.69. The molecule has 0 atom stereocenters. The van der Waals surface area contributed by atoms with Crippen molar-refractivity contribution in [2.24, 2.45) is 0 Å². The molecule has 0 fully saturated rings. The first kappa shape index (κ1) is 18.8. The van der Waals surface area contributed by atoms with Crippen molar-refractivity contribution in [2.75, 3.05) is 20.3 Å². The van der Waals surface area contributed by atoms with Crippen molar-refractivity contribution < 1.29 is 23.6 Å². The average Bonchev–Trinajstić information content (AvgIpc) is 3.19. The smallest absolute Gasteiger partial charge is 0.312 e. The second kappa shape index (κ2) is 8.18. The number of methoxy groups -OCH3 is 1. The molecule has 0 radical (unpaired) electrons. The highest BCUT2D eigenvalue weighted by Gasteiger charge is 2.18. The van der Waals surface area contributed by atoms with Crippen LogP contribution < -0.4 is 0 Å². The maximum absolute atomic E-state index is 12.5. The summed E-state index contributed by atoms with van der Waals surface area (Å²) in [5.74, 6) is -0.749. The van der Waals surface area contributed by atoms with Crippen molar-refractivity contribution >= 4 is 22.7 Å².